The van der Waals surface area contributed by atoms with Crippen molar-refractivity contribution in [1.29, 1.82) is 0 Å². The molecule has 0 aliphatic heterocycles. The fourth-order valence-electron chi connectivity index (χ4n) is 5.97. The third-order valence-electron chi connectivity index (χ3n) is 7.65. The minimum atomic E-state index is 0.925. The number of rotatable bonds is 2. The highest BCUT2D eigenvalue weighted by molar-refractivity contribution is 6.28. The summed E-state index contributed by atoms with van der Waals surface area (Å²) in [5.41, 5.74) is 6.73. The van der Waals surface area contributed by atoms with Crippen LogP contribution >= 0.6 is 0 Å². The number of furan rings is 1. The van der Waals surface area contributed by atoms with E-state index in [1.165, 1.54) is 54.6 Å². The first-order chi connectivity index (χ1) is 18.3. The monoisotopic (exact) mass is 470 g/mol. The number of fused-ring (bicyclic) bond motifs is 9. The molecule has 7 aromatic carbocycles. The summed E-state index contributed by atoms with van der Waals surface area (Å²) >= 11 is 0. The molecule has 1 aromatic heterocycles. The predicted octanol–water partition coefficient (Wildman–Crippen LogP) is 10.4. The van der Waals surface area contributed by atoms with Gasteiger partial charge in [-0.05, 0) is 78.8 Å². The van der Waals surface area contributed by atoms with E-state index in [4.69, 9.17) is 4.42 Å². The molecule has 0 aliphatic carbocycles. The topological polar surface area (TPSA) is 13.1 Å². The zero-order chi connectivity index (χ0) is 24.3. The average molecular weight is 471 g/mol. The van der Waals surface area contributed by atoms with Crippen LogP contribution in [0.1, 0.15) is 0 Å². The van der Waals surface area contributed by atoms with Crippen molar-refractivity contribution < 1.29 is 4.42 Å². The molecule has 37 heavy (non-hydrogen) atoms. The fraction of sp³-hybridized carbons (Fsp3) is 0. The van der Waals surface area contributed by atoms with Crippen molar-refractivity contribution in [3.63, 3.8) is 0 Å². The Morgan fingerprint density at radius 2 is 0.865 bits per heavy atom. The third kappa shape index (κ3) is 3.04. The minimum Gasteiger partial charge on any atom is -0.456 e. The third-order valence-corrected chi connectivity index (χ3v) is 7.65. The highest BCUT2D eigenvalue weighted by atomic mass is 16.3. The molecule has 0 bridgehead atoms. The quantitative estimate of drug-likeness (QED) is 0.229. The lowest BCUT2D eigenvalue weighted by molar-refractivity contribution is 0.669. The molecular weight excluding hydrogens is 448 g/mol. The first-order valence-corrected chi connectivity index (χ1v) is 12.7. The van der Waals surface area contributed by atoms with Crippen LogP contribution in [0, 0.1) is 0 Å². The summed E-state index contributed by atoms with van der Waals surface area (Å²) < 4.78 is 6.06. The second kappa shape index (κ2) is 7.81. The van der Waals surface area contributed by atoms with Gasteiger partial charge in [-0.2, -0.15) is 0 Å². The van der Waals surface area contributed by atoms with Crippen molar-refractivity contribution in [2.45, 2.75) is 0 Å². The summed E-state index contributed by atoms with van der Waals surface area (Å²) in [6.45, 7) is 0. The van der Waals surface area contributed by atoms with E-state index in [2.05, 4.69) is 121 Å². The molecule has 1 nitrogen and oxygen atoms in total. The van der Waals surface area contributed by atoms with E-state index >= 15 is 0 Å². The molecule has 0 saturated carbocycles. The minimum absolute atomic E-state index is 0.925. The molecule has 0 amide bonds. The van der Waals surface area contributed by atoms with Gasteiger partial charge >= 0.3 is 0 Å². The second-order valence-electron chi connectivity index (χ2n) is 9.71. The summed E-state index contributed by atoms with van der Waals surface area (Å²) in [6, 6.07) is 47.9. The molecule has 0 fully saturated rings. The summed E-state index contributed by atoms with van der Waals surface area (Å²) in [6.07, 6.45) is 0. The largest absolute Gasteiger partial charge is 0.456 e. The molecule has 0 radical (unpaired) electrons. The van der Waals surface area contributed by atoms with Crippen LogP contribution in [-0.4, -0.2) is 0 Å². The van der Waals surface area contributed by atoms with Gasteiger partial charge in [0.25, 0.3) is 0 Å². The normalized spacial score (nSPS) is 11.8. The van der Waals surface area contributed by atoms with Gasteiger partial charge in [0.2, 0.25) is 0 Å². The first-order valence-electron chi connectivity index (χ1n) is 12.7. The Hall–Kier alpha value is -4.88. The van der Waals surface area contributed by atoms with Crippen molar-refractivity contribution in [1.82, 2.24) is 0 Å². The van der Waals surface area contributed by atoms with E-state index in [-0.39, 0.29) is 0 Å². The van der Waals surface area contributed by atoms with Gasteiger partial charge in [-0.25, -0.2) is 0 Å². The molecule has 8 rings (SSSR count). The van der Waals surface area contributed by atoms with Gasteiger partial charge in [0.1, 0.15) is 11.2 Å². The molecule has 0 spiro atoms. The zero-order valence-electron chi connectivity index (χ0n) is 20.1. The number of para-hydroxylation sites is 1. The van der Waals surface area contributed by atoms with Crippen LogP contribution in [-0.2, 0) is 0 Å². The Kier molecular flexibility index (Phi) is 4.29. The summed E-state index contributed by atoms with van der Waals surface area (Å²) in [7, 11) is 0. The highest BCUT2D eigenvalue weighted by Crippen LogP contribution is 2.41. The molecule has 8 aromatic rings. The second-order valence-corrected chi connectivity index (χ2v) is 9.71. The summed E-state index contributed by atoms with van der Waals surface area (Å²) in [4.78, 5) is 0. The standard InChI is InChI=1S/C36H22O/c1-2-12-29-27(11-1)28-13-3-4-15-31(28)36-26(16-8-17-32(29)36)25-10-7-9-23(21-25)24-19-20-35-33(22-24)30-14-5-6-18-34(30)37-35/h1-22H. The lowest BCUT2D eigenvalue weighted by atomic mass is 9.89. The van der Waals surface area contributed by atoms with Crippen molar-refractivity contribution in [3.05, 3.63) is 133 Å². The smallest absolute Gasteiger partial charge is 0.135 e. The van der Waals surface area contributed by atoms with Crippen molar-refractivity contribution in [2.75, 3.05) is 0 Å². The molecule has 0 saturated heterocycles. The maximum absolute atomic E-state index is 6.06. The van der Waals surface area contributed by atoms with E-state index in [0.29, 0.717) is 0 Å². The van der Waals surface area contributed by atoms with Crippen molar-refractivity contribution in [3.8, 4) is 22.3 Å². The van der Waals surface area contributed by atoms with Crippen LogP contribution < -0.4 is 0 Å². The van der Waals surface area contributed by atoms with Gasteiger partial charge in [-0.1, -0.05) is 109 Å². The number of benzene rings is 7. The Labute approximate surface area is 214 Å². The van der Waals surface area contributed by atoms with Gasteiger partial charge < -0.3 is 4.42 Å². The molecular formula is C36H22O. The van der Waals surface area contributed by atoms with Crippen molar-refractivity contribution in [2.24, 2.45) is 0 Å². The van der Waals surface area contributed by atoms with E-state index < -0.39 is 0 Å². The van der Waals surface area contributed by atoms with E-state index in [0.717, 1.165) is 21.9 Å². The molecule has 172 valence electrons. The molecule has 0 atom stereocenters. The lowest BCUT2D eigenvalue weighted by Gasteiger charge is -2.15. The van der Waals surface area contributed by atoms with Gasteiger partial charge in [0, 0.05) is 10.8 Å². The summed E-state index contributed by atoms with van der Waals surface area (Å²) in [5, 5.41) is 10.1. The van der Waals surface area contributed by atoms with E-state index in [1.807, 2.05) is 12.1 Å². The Bertz CT molecular complexity index is 2100. The molecule has 0 unspecified atom stereocenters. The summed E-state index contributed by atoms with van der Waals surface area (Å²) in [5.74, 6) is 0. The van der Waals surface area contributed by atoms with E-state index in [1.54, 1.807) is 0 Å². The van der Waals surface area contributed by atoms with Crippen LogP contribution in [0.15, 0.2) is 138 Å². The van der Waals surface area contributed by atoms with Crippen LogP contribution in [0.5, 0.6) is 0 Å². The van der Waals surface area contributed by atoms with Crippen LogP contribution in [0.25, 0.3) is 76.5 Å². The molecule has 1 heterocycles. The van der Waals surface area contributed by atoms with Crippen LogP contribution in [0.4, 0.5) is 0 Å². The average Bonchev–Trinajstić information content (AvgIpc) is 3.35. The number of hydrogen-bond acceptors (Lipinski definition) is 1. The van der Waals surface area contributed by atoms with Crippen LogP contribution in [0.3, 0.4) is 0 Å². The molecule has 1 heteroatoms. The maximum atomic E-state index is 6.06. The maximum Gasteiger partial charge on any atom is 0.135 e. The van der Waals surface area contributed by atoms with Gasteiger partial charge in [-0.15, -0.1) is 0 Å². The Balaban J connectivity index is 1.38. The predicted molar refractivity (Wildman–Crippen MR) is 157 cm³/mol. The van der Waals surface area contributed by atoms with Crippen LogP contribution in [0.2, 0.25) is 0 Å². The van der Waals surface area contributed by atoms with Gasteiger partial charge in [0.05, 0.1) is 0 Å². The zero-order valence-corrected chi connectivity index (χ0v) is 20.1. The number of hydrogen-bond donors (Lipinski definition) is 0. The Morgan fingerprint density at radius 1 is 0.324 bits per heavy atom. The first kappa shape index (κ1) is 20.3. The van der Waals surface area contributed by atoms with Gasteiger partial charge in [-0.3, -0.25) is 0 Å². The fourth-order valence-corrected chi connectivity index (χ4v) is 5.97. The van der Waals surface area contributed by atoms with Gasteiger partial charge in [0.15, 0.2) is 0 Å². The van der Waals surface area contributed by atoms with E-state index in [9.17, 15) is 0 Å². The highest BCUT2D eigenvalue weighted by Gasteiger charge is 2.13. The molecule has 0 aliphatic rings. The Morgan fingerprint density at radius 3 is 1.65 bits per heavy atom. The SMILES string of the molecule is c1cc(-c2ccc3oc4ccccc4c3c2)cc(-c2cccc3c4ccccc4c4ccccc4c23)c1. The molecule has 0 N–H and O–H groups in total. The van der Waals surface area contributed by atoms with Crippen molar-refractivity contribution >= 4 is 54.3 Å². The lowest BCUT2D eigenvalue weighted by Crippen LogP contribution is -1.87.